The van der Waals surface area contributed by atoms with Gasteiger partial charge in [-0.15, -0.1) is 0 Å². The number of pyridine rings is 1. The molecule has 0 saturated heterocycles. The molecular weight excluding hydrogens is 214 g/mol. The molecule has 0 bridgehead atoms. The van der Waals surface area contributed by atoms with Gasteiger partial charge in [0.25, 0.3) is 0 Å². The second-order valence-corrected chi connectivity index (χ2v) is 4.02. The van der Waals surface area contributed by atoms with Crippen molar-refractivity contribution in [2.45, 2.75) is 13.3 Å². The third kappa shape index (κ3) is 2.91. The van der Waals surface area contributed by atoms with Crippen molar-refractivity contribution in [3.8, 4) is 0 Å². The van der Waals surface area contributed by atoms with Gasteiger partial charge in [0, 0.05) is 6.20 Å². The summed E-state index contributed by atoms with van der Waals surface area (Å²) in [5.74, 6) is -0.994. The Morgan fingerprint density at radius 1 is 1.12 bits per heavy atom. The second-order valence-electron chi connectivity index (χ2n) is 4.02. The largest absolute Gasteiger partial charge is 0.477 e. The van der Waals surface area contributed by atoms with Gasteiger partial charge in [0.1, 0.15) is 5.69 Å². The Labute approximate surface area is 99.8 Å². The van der Waals surface area contributed by atoms with Crippen LogP contribution in [0.4, 0.5) is 0 Å². The number of rotatable bonds is 3. The Balaban J connectivity index is 2.13. The van der Waals surface area contributed by atoms with Gasteiger partial charge in [-0.2, -0.15) is 0 Å². The smallest absolute Gasteiger partial charge is 0.354 e. The van der Waals surface area contributed by atoms with Crippen molar-refractivity contribution in [3.63, 3.8) is 0 Å². The summed E-state index contributed by atoms with van der Waals surface area (Å²) in [6.45, 7) is 2.05. The Kier molecular flexibility index (Phi) is 3.19. The Morgan fingerprint density at radius 2 is 1.76 bits per heavy atom. The molecule has 0 fully saturated rings. The van der Waals surface area contributed by atoms with Gasteiger partial charge in [-0.3, -0.25) is 0 Å². The molecule has 0 aliphatic rings. The summed E-state index contributed by atoms with van der Waals surface area (Å²) in [4.78, 5) is 14.5. The first kappa shape index (κ1) is 11.3. The van der Waals surface area contributed by atoms with Crippen LogP contribution < -0.4 is 0 Å². The fourth-order valence-corrected chi connectivity index (χ4v) is 1.60. The number of hydrogen-bond acceptors (Lipinski definition) is 2. The molecule has 1 N–H and O–H groups in total. The van der Waals surface area contributed by atoms with Crippen LogP contribution in [0.3, 0.4) is 0 Å². The van der Waals surface area contributed by atoms with E-state index in [0.717, 1.165) is 12.0 Å². The highest BCUT2D eigenvalue weighted by Crippen LogP contribution is 2.10. The highest BCUT2D eigenvalue weighted by atomic mass is 16.4. The lowest BCUT2D eigenvalue weighted by molar-refractivity contribution is 0.0690. The van der Waals surface area contributed by atoms with E-state index < -0.39 is 5.97 Å². The van der Waals surface area contributed by atoms with E-state index in [1.165, 1.54) is 17.2 Å². The van der Waals surface area contributed by atoms with Crippen molar-refractivity contribution in [2.24, 2.45) is 0 Å². The molecule has 1 heterocycles. The zero-order chi connectivity index (χ0) is 12.3. The molecular formula is C14H13NO2. The van der Waals surface area contributed by atoms with Crippen molar-refractivity contribution < 1.29 is 9.90 Å². The number of hydrogen-bond donors (Lipinski definition) is 1. The molecule has 0 atom stereocenters. The van der Waals surface area contributed by atoms with E-state index in [0.29, 0.717) is 0 Å². The number of aromatic carboxylic acids is 1. The molecule has 2 rings (SSSR count). The van der Waals surface area contributed by atoms with E-state index in [4.69, 9.17) is 5.11 Å². The summed E-state index contributed by atoms with van der Waals surface area (Å²) >= 11 is 0. The molecule has 0 saturated carbocycles. The normalized spacial score (nSPS) is 10.2. The maximum atomic E-state index is 10.6. The van der Waals surface area contributed by atoms with Crippen molar-refractivity contribution in [2.75, 3.05) is 0 Å². The van der Waals surface area contributed by atoms with E-state index in [1.807, 2.05) is 6.92 Å². The number of aryl methyl sites for hydroxylation is 1. The van der Waals surface area contributed by atoms with Gasteiger partial charge in [-0.05, 0) is 30.5 Å². The predicted octanol–water partition coefficient (Wildman–Crippen LogP) is 2.68. The molecule has 0 aliphatic heterocycles. The lowest BCUT2D eigenvalue weighted by Gasteiger charge is -2.02. The van der Waals surface area contributed by atoms with Crippen LogP contribution in [-0.2, 0) is 6.42 Å². The van der Waals surface area contributed by atoms with Gasteiger partial charge in [-0.1, -0.05) is 35.9 Å². The third-order valence-electron chi connectivity index (χ3n) is 2.57. The standard InChI is InChI=1S/C14H13NO2/c1-10-2-4-11(5-3-10)8-12-6-7-13(14(16)17)15-9-12/h2-7,9H,8H2,1H3,(H,16,17). The quantitative estimate of drug-likeness (QED) is 0.877. The van der Waals surface area contributed by atoms with Gasteiger partial charge >= 0.3 is 5.97 Å². The van der Waals surface area contributed by atoms with Crippen molar-refractivity contribution in [1.29, 1.82) is 0 Å². The van der Waals surface area contributed by atoms with Crippen molar-refractivity contribution in [1.82, 2.24) is 4.98 Å². The van der Waals surface area contributed by atoms with E-state index in [1.54, 1.807) is 12.3 Å². The van der Waals surface area contributed by atoms with Crippen LogP contribution in [0.5, 0.6) is 0 Å². The Hall–Kier alpha value is -2.16. The summed E-state index contributed by atoms with van der Waals surface area (Å²) < 4.78 is 0. The number of nitrogens with zero attached hydrogens (tertiary/aromatic N) is 1. The van der Waals surface area contributed by atoms with Crippen LogP contribution in [0.15, 0.2) is 42.6 Å². The Morgan fingerprint density at radius 3 is 2.29 bits per heavy atom. The van der Waals surface area contributed by atoms with E-state index >= 15 is 0 Å². The minimum Gasteiger partial charge on any atom is -0.477 e. The van der Waals surface area contributed by atoms with Crippen LogP contribution in [-0.4, -0.2) is 16.1 Å². The number of carboxylic acids is 1. The molecule has 3 nitrogen and oxygen atoms in total. The average molecular weight is 227 g/mol. The summed E-state index contributed by atoms with van der Waals surface area (Å²) in [5, 5.41) is 8.73. The van der Waals surface area contributed by atoms with E-state index in [2.05, 4.69) is 29.2 Å². The summed E-state index contributed by atoms with van der Waals surface area (Å²) in [7, 11) is 0. The van der Waals surface area contributed by atoms with Crippen LogP contribution in [0.1, 0.15) is 27.2 Å². The maximum absolute atomic E-state index is 10.6. The van der Waals surface area contributed by atoms with Gasteiger partial charge in [-0.25, -0.2) is 9.78 Å². The fraction of sp³-hybridized carbons (Fsp3) is 0.143. The first-order chi connectivity index (χ1) is 8.15. The zero-order valence-corrected chi connectivity index (χ0v) is 9.55. The molecule has 17 heavy (non-hydrogen) atoms. The summed E-state index contributed by atoms with van der Waals surface area (Å²) in [5.41, 5.74) is 3.52. The van der Waals surface area contributed by atoms with Crippen molar-refractivity contribution >= 4 is 5.97 Å². The topological polar surface area (TPSA) is 50.2 Å². The lowest BCUT2D eigenvalue weighted by Crippen LogP contribution is -2.00. The number of carbonyl (C=O) groups is 1. The number of carboxylic acid groups (broad SMARTS) is 1. The highest BCUT2D eigenvalue weighted by molar-refractivity contribution is 5.85. The molecule has 0 aliphatic carbocycles. The fourth-order valence-electron chi connectivity index (χ4n) is 1.60. The lowest BCUT2D eigenvalue weighted by atomic mass is 10.1. The second kappa shape index (κ2) is 4.78. The number of aromatic nitrogens is 1. The first-order valence-electron chi connectivity index (χ1n) is 5.39. The van der Waals surface area contributed by atoms with Crippen molar-refractivity contribution in [3.05, 3.63) is 65.0 Å². The van der Waals surface area contributed by atoms with Gasteiger partial charge in [0.05, 0.1) is 0 Å². The minimum atomic E-state index is -0.994. The van der Waals surface area contributed by atoms with Crippen LogP contribution in [0.2, 0.25) is 0 Å². The minimum absolute atomic E-state index is 0.0812. The van der Waals surface area contributed by atoms with Gasteiger partial charge in [0.2, 0.25) is 0 Å². The highest BCUT2D eigenvalue weighted by Gasteiger charge is 2.03. The monoisotopic (exact) mass is 227 g/mol. The van der Waals surface area contributed by atoms with Gasteiger partial charge in [0.15, 0.2) is 0 Å². The molecule has 0 spiro atoms. The molecule has 3 heteroatoms. The average Bonchev–Trinajstić information content (AvgIpc) is 2.33. The SMILES string of the molecule is Cc1ccc(Cc2ccc(C(=O)O)nc2)cc1. The molecule has 2 aromatic rings. The first-order valence-corrected chi connectivity index (χ1v) is 5.39. The molecule has 0 amide bonds. The Bertz CT molecular complexity index is 515. The third-order valence-corrected chi connectivity index (χ3v) is 2.57. The maximum Gasteiger partial charge on any atom is 0.354 e. The number of benzene rings is 1. The van der Waals surface area contributed by atoms with Crippen LogP contribution in [0, 0.1) is 6.92 Å². The molecule has 1 aromatic carbocycles. The molecule has 86 valence electrons. The van der Waals surface area contributed by atoms with Crippen LogP contribution >= 0.6 is 0 Å². The van der Waals surface area contributed by atoms with E-state index in [-0.39, 0.29) is 5.69 Å². The van der Waals surface area contributed by atoms with Gasteiger partial charge < -0.3 is 5.11 Å². The molecule has 0 unspecified atom stereocenters. The van der Waals surface area contributed by atoms with Crippen LogP contribution in [0.25, 0.3) is 0 Å². The summed E-state index contributed by atoms with van der Waals surface area (Å²) in [6, 6.07) is 11.6. The zero-order valence-electron chi connectivity index (χ0n) is 9.55. The predicted molar refractivity (Wildman–Crippen MR) is 65.2 cm³/mol. The molecule has 0 radical (unpaired) electrons. The summed E-state index contributed by atoms with van der Waals surface area (Å²) in [6.07, 6.45) is 2.39. The molecule has 1 aromatic heterocycles. The van der Waals surface area contributed by atoms with E-state index in [9.17, 15) is 4.79 Å².